The Morgan fingerprint density at radius 3 is 2.74 bits per heavy atom. The molecule has 1 saturated carbocycles. The number of hydrogen-bond donors (Lipinski definition) is 0. The summed E-state index contributed by atoms with van der Waals surface area (Å²) in [5.74, 6) is 1.59. The summed E-state index contributed by atoms with van der Waals surface area (Å²) in [6, 6.07) is 11.9. The molecule has 0 N–H and O–H groups in total. The van der Waals surface area contributed by atoms with Gasteiger partial charge in [-0.15, -0.1) is 0 Å². The molecule has 4 rings (SSSR count). The van der Waals surface area contributed by atoms with Crippen molar-refractivity contribution < 1.29 is 9.53 Å². The van der Waals surface area contributed by atoms with Crippen molar-refractivity contribution in [3.63, 3.8) is 0 Å². The van der Waals surface area contributed by atoms with Gasteiger partial charge in [0.25, 0.3) is 0 Å². The lowest BCUT2D eigenvalue weighted by atomic mass is 9.69. The maximum Gasteiger partial charge on any atom is 0.307 e. The first-order chi connectivity index (χ1) is 11.2. The van der Waals surface area contributed by atoms with Gasteiger partial charge in [0.05, 0.1) is 12.5 Å². The quantitative estimate of drug-likeness (QED) is 0.735. The second-order valence-corrected chi connectivity index (χ2v) is 7.63. The first-order valence-electron chi connectivity index (χ1n) is 9.22. The van der Waals surface area contributed by atoms with Gasteiger partial charge in [-0.25, -0.2) is 0 Å². The number of rotatable bonds is 1. The van der Waals surface area contributed by atoms with E-state index >= 15 is 0 Å². The van der Waals surface area contributed by atoms with Gasteiger partial charge in [-0.1, -0.05) is 50.1 Å². The van der Waals surface area contributed by atoms with Crippen LogP contribution in [0.15, 0.2) is 30.3 Å². The van der Waals surface area contributed by atoms with Gasteiger partial charge < -0.3 is 4.74 Å². The van der Waals surface area contributed by atoms with Crippen molar-refractivity contribution in [1.29, 1.82) is 0 Å². The second-order valence-electron chi connectivity index (χ2n) is 7.63. The van der Waals surface area contributed by atoms with Crippen LogP contribution in [0.2, 0.25) is 0 Å². The molecular weight excluding hydrogens is 286 g/mol. The highest BCUT2D eigenvalue weighted by atomic mass is 16.5. The molecule has 0 aromatic heterocycles. The molecule has 3 aliphatic rings. The third kappa shape index (κ3) is 2.80. The zero-order valence-electron chi connectivity index (χ0n) is 14.0. The predicted molar refractivity (Wildman–Crippen MR) is 89.9 cm³/mol. The maximum atomic E-state index is 12.1. The van der Waals surface area contributed by atoms with Crippen LogP contribution in [0.5, 0.6) is 0 Å². The Kier molecular flexibility index (Phi) is 4.14. The van der Waals surface area contributed by atoms with Gasteiger partial charge in [0.15, 0.2) is 0 Å². The number of benzene rings is 1. The lowest BCUT2D eigenvalue weighted by Gasteiger charge is -2.52. The summed E-state index contributed by atoms with van der Waals surface area (Å²) < 4.78 is 5.59. The smallest absolute Gasteiger partial charge is 0.307 e. The highest BCUT2D eigenvalue weighted by Crippen LogP contribution is 2.46. The van der Waals surface area contributed by atoms with Crippen LogP contribution in [0, 0.1) is 11.8 Å². The Labute approximate surface area is 139 Å². The van der Waals surface area contributed by atoms with Gasteiger partial charge in [0.1, 0.15) is 6.61 Å². The van der Waals surface area contributed by atoms with Crippen molar-refractivity contribution in [3.05, 3.63) is 35.9 Å². The standard InChI is InChI=1S/C20H27NO2/c1-14-6-5-9-18-17(14)11-10-16-12-20(22)23-13-19(21(16)18)15-7-3-2-4-8-15/h2-4,7-8,14,16-19H,5-6,9-13H2,1H3/t14-,16+,17+,18-,19-/m0/s1. The number of piperidine rings is 1. The number of nitrogens with zero attached hydrogens (tertiary/aromatic N) is 1. The molecule has 0 bridgehead atoms. The number of carbonyl (C=O) groups excluding carboxylic acids is 1. The fourth-order valence-electron chi connectivity index (χ4n) is 5.25. The molecule has 124 valence electrons. The lowest BCUT2D eigenvalue weighted by Crippen LogP contribution is -2.55. The van der Waals surface area contributed by atoms with E-state index in [-0.39, 0.29) is 12.0 Å². The summed E-state index contributed by atoms with van der Waals surface area (Å²) in [7, 11) is 0. The predicted octanol–water partition coefficient (Wildman–Crippen LogP) is 3.94. The highest BCUT2D eigenvalue weighted by molar-refractivity contribution is 5.70. The van der Waals surface area contributed by atoms with Gasteiger partial charge in [0.2, 0.25) is 0 Å². The third-order valence-corrected chi connectivity index (χ3v) is 6.37. The largest absolute Gasteiger partial charge is 0.464 e. The van der Waals surface area contributed by atoms with Crippen LogP contribution in [0.3, 0.4) is 0 Å². The molecule has 23 heavy (non-hydrogen) atoms. The van der Waals surface area contributed by atoms with Crippen molar-refractivity contribution in [2.45, 2.75) is 63.6 Å². The zero-order chi connectivity index (χ0) is 15.8. The molecule has 3 nitrogen and oxygen atoms in total. The number of ether oxygens (including phenoxy) is 1. The van der Waals surface area contributed by atoms with Gasteiger partial charge in [-0.05, 0) is 36.7 Å². The summed E-state index contributed by atoms with van der Waals surface area (Å²) in [4.78, 5) is 14.8. The van der Waals surface area contributed by atoms with Crippen molar-refractivity contribution >= 4 is 5.97 Å². The Balaban J connectivity index is 1.70. The molecule has 5 atom stereocenters. The number of fused-ring (bicyclic) bond motifs is 3. The average molecular weight is 313 g/mol. The van der Waals surface area contributed by atoms with E-state index in [1.807, 2.05) is 0 Å². The van der Waals surface area contributed by atoms with Gasteiger partial charge in [0, 0.05) is 12.1 Å². The van der Waals surface area contributed by atoms with E-state index in [1.54, 1.807) is 0 Å². The Morgan fingerprint density at radius 1 is 1.09 bits per heavy atom. The topological polar surface area (TPSA) is 29.5 Å². The Morgan fingerprint density at radius 2 is 1.91 bits per heavy atom. The molecule has 3 fully saturated rings. The minimum atomic E-state index is -0.0132. The molecule has 2 aliphatic heterocycles. The summed E-state index contributed by atoms with van der Waals surface area (Å²) in [5, 5.41) is 0. The van der Waals surface area contributed by atoms with Gasteiger partial charge >= 0.3 is 5.97 Å². The molecule has 0 radical (unpaired) electrons. The second kappa shape index (κ2) is 6.27. The third-order valence-electron chi connectivity index (χ3n) is 6.37. The highest BCUT2D eigenvalue weighted by Gasteiger charge is 2.46. The van der Waals surface area contributed by atoms with Gasteiger partial charge in [-0.3, -0.25) is 9.69 Å². The van der Waals surface area contributed by atoms with E-state index in [1.165, 1.54) is 31.2 Å². The van der Waals surface area contributed by atoms with E-state index in [9.17, 15) is 4.79 Å². The summed E-state index contributed by atoms with van der Waals surface area (Å²) in [6.45, 7) is 2.94. The van der Waals surface area contributed by atoms with Crippen molar-refractivity contribution in [3.8, 4) is 0 Å². The SMILES string of the molecule is C[C@H]1CCC[C@H]2[C@@H]1CC[C@@H]1CC(=O)OC[C@@H](c3ccccc3)N12. The summed E-state index contributed by atoms with van der Waals surface area (Å²) in [5.41, 5.74) is 1.30. The first kappa shape index (κ1) is 15.2. The minimum Gasteiger partial charge on any atom is -0.464 e. The molecule has 2 saturated heterocycles. The zero-order valence-corrected chi connectivity index (χ0v) is 14.0. The van der Waals surface area contributed by atoms with E-state index in [2.05, 4.69) is 42.2 Å². The number of esters is 1. The molecule has 0 amide bonds. The van der Waals surface area contributed by atoms with Crippen LogP contribution in [-0.2, 0) is 9.53 Å². The maximum absolute atomic E-state index is 12.1. The normalized spacial score (nSPS) is 38.1. The molecule has 0 unspecified atom stereocenters. The fraction of sp³-hybridized carbons (Fsp3) is 0.650. The van der Waals surface area contributed by atoms with Gasteiger partial charge in [-0.2, -0.15) is 0 Å². The van der Waals surface area contributed by atoms with E-state index < -0.39 is 0 Å². The minimum absolute atomic E-state index is 0.0132. The Bertz CT molecular complexity index is 558. The summed E-state index contributed by atoms with van der Waals surface area (Å²) in [6.07, 6.45) is 6.96. The first-order valence-corrected chi connectivity index (χ1v) is 9.22. The summed E-state index contributed by atoms with van der Waals surface area (Å²) >= 11 is 0. The van der Waals surface area contributed by atoms with Crippen molar-refractivity contribution in [1.82, 2.24) is 4.90 Å². The molecular formula is C20H27NO2. The molecule has 1 aromatic carbocycles. The van der Waals surface area contributed by atoms with E-state index in [0.717, 1.165) is 18.3 Å². The van der Waals surface area contributed by atoms with E-state index in [0.29, 0.717) is 25.1 Å². The van der Waals surface area contributed by atoms with E-state index in [4.69, 9.17) is 4.74 Å². The molecule has 3 heteroatoms. The van der Waals surface area contributed by atoms with Crippen LogP contribution >= 0.6 is 0 Å². The average Bonchev–Trinajstić information content (AvgIpc) is 2.74. The number of cyclic esters (lactones) is 1. The van der Waals surface area contributed by atoms with Crippen LogP contribution in [0.4, 0.5) is 0 Å². The van der Waals surface area contributed by atoms with Crippen LogP contribution in [0.25, 0.3) is 0 Å². The molecule has 1 aliphatic carbocycles. The van der Waals surface area contributed by atoms with Crippen LogP contribution in [-0.4, -0.2) is 29.6 Å². The Hall–Kier alpha value is -1.35. The molecule has 2 heterocycles. The number of carbonyl (C=O) groups is 1. The number of hydrogen-bond acceptors (Lipinski definition) is 3. The monoisotopic (exact) mass is 313 g/mol. The van der Waals surface area contributed by atoms with Crippen molar-refractivity contribution in [2.75, 3.05) is 6.61 Å². The lowest BCUT2D eigenvalue weighted by molar-refractivity contribution is -0.143. The molecule has 1 aromatic rings. The van der Waals surface area contributed by atoms with Crippen LogP contribution in [0.1, 0.15) is 57.1 Å². The fourth-order valence-corrected chi connectivity index (χ4v) is 5.25. The van der Waals surface area contributed by atoms with Crippen molar-refractivity contribution in [2.24, 2.45) is 11.8 Å². The molecule has 0 spiro atoms. The van der Waals surface area contributed by atoms with Crippen LogP contribution < -0.4 is 0 Å².